The van der Waals surface area contributed by atoms with Crippen molar-refractivity contribution in [1.82, 2.24) is 0 Å². The minimum absolute atomic E-state index is 1.11. The number of hydrogen-bond donors (Lipinski definition) is 0. The molecule has 0 unspecified atom stereocenters. The lowest BCUT2D eigenvalue weighted by atomic mass is 9.79. The number of benzene rings is 8. The van der Waals surface area contributed by atoms with Crippen LogP contribution in [0.5, 0.6) is 0 Å². The Morgan fingerprint density at radius 1 is 0.269 bits per heavy atom. The lowest BCUT2D eigenvalue weighted by molar-refractivity contribution is 0.667. The standard InChI is InChI=1S/C76H84S2/c1-7-11-15-19-23-55-29-37-59(38-30-55)66-50-64(72-48-28-54(6)78-72)51-69-67(66)52-70-73(60-39-31-56(32-40-60)24-20-16-12-8-2)68-49-63(71-47-27-53(5)77-71)45-46-65(68)74(61-41-33-57(34-42-61)25-21-17-13-9-3)76(70)75(69)62-43-35-58(36-44-62)26-22-18-14-10-4/h27-52H,7-26H2,1-6H3. The Bertz CT molecular complexity index is 3540. The summed E-state index contributed by atoms with van der Waals surface area (Å²) in [4.78, 5) is 5.31. The smallest absolute Gasteiger partial charge is 0.0345 e. The van der Waals surface area contributed by atoms with E-state index in [-0.39, 0.29) is 0 Å². The predicted molar refractivity (Wildman–Crippen MR) is 348 cm³/mol. The van der Waals surface area contributed by atoms with E-state index in [1.54, 1.807) is 0 Å². The zero-order chi connectivity index (χ0) is 53.8. The molecule has 0 aliphatic rings. The van der Waals surface area contributed by atoms with Crippen LogP contribution in [0.25, 0.3) is 97.7 Å². The van der Waals surface area contributed by atoms with Crippen LogP contribution < -0.4 is 0 Å². The quantitative estimate of drug-likeness (QED) is 0.0374. The maximum absolute atomic E-state index is 2.63. The minimum Gasteiger partial charge on any atom is -0.141 e. The van der Waals surface area contributed by atoms with Gasteiger partial charge in [-0.15, -0.1) is 22.7 Å². The van der Waals surface area contributed by atoms with Gasteiger partial charge in [0.05, 0.1) is 0 Å². The molecule has 0 saturated carbocycles. The van der Waals surface area contributed by atoms with Crippen molar-refractivity contribution in [3.8, 4) is 65.4 Å². The van der Waals surface area contributed by atoms with E-state index in [1.165, 1.54) is 232 Å². The van der Waals surface area contributed by atoms with E-state index in [0.29, 0.717) is 0 Å². The van der Waals surface area contributed by atoms with Gasteiger partial charge >= 0.3 is 0 Å². The minimum atomic E-state index is 1.11. The molecule has 0 nitrogen and oxygen atoms in total. The fourth-order valence-corrected chi connectivity index (χ4v) is 13.9. The zero-order valence-electron chi connectivity index (χ0n) is 48.0. The molecule has 0 fully saturated rings. The average Bonchev–Trinajstić information content (AvgIpc) is 4.25. The number of hydrogen-bond acceptors (Lipinski definition) is 2. The molecule has 0 amide bonds. The maximum atomic E-state index is 2.63. The van der Waals surface area contributed by atoms with E-state index in [2.05, 4.69) is 199 Å². The summed E-state index contributed by atoms with van der Waals surface area (Å²) in [6.07, 6.45) is 24.8. The first-order chi connectivity index (χ1) is 38.3. The van der Waals surface area contributed by atoms with Gasteiger partial charge in [0.1, 0.15) is 0 Å². The molecular formula is C76H84S2. The highest BCUT2D eigenvalue weighted by atomic mass is 32.1. The molecule has 0 atom stereocenters. The highest BCUT2D eigenvalue weighted by Gasteiger charge is 2.25. The molecule has 2 aromatic heterocycles. The predicted octanol–water partition coefficient (Wildman–Crippen LogP) is 24.4. The van der Waals surface area contributed by atoms with Gasteiger partial charge in [-0.2, -0.15) is 0 Å². The third-order valence-electron chi connectivity index (χ3n) is 16.7. The fourth-order valence-electron chi connectivity index (χ4n) is 12.2. The topological polar surface area (TPSA) is 0 Å². The van der Waals surface area contributed by atoms with E-state index in [1.807, 2.05) is 22.7 Å². The van der Waals surface area contributed by atoms with Crippen LogP contribution in [0, 0.1) is 13.8 Å². The van der Waals surface area contributed by atoms with Gasteiger partial charge in [-0.25, -0.2) is 0 Å². The van der Waals surface area contributed by atoms with Gasteiger partial charge in [-0.3, -0.25) is 0 Å². The normalized spacial score (nSPS) is 11.7. The highest BCUT2D eigenvalue weighted by Crippen LogP contribution is 2.52. The van der Waals surface area contributed by atoms with Crippen LogP contribution in [0.1, 0.15) is 162 Å². The Morgan fingerprint density at radius 2 is 0.641 bits per heavy atom. The lowest BCUT2D eigenvalue weighted by Gasteiger charge is -2.24. The first-order valence-corrected chi connectivity index (χ1v) is 32.0. The maximum Gasteiger partial charge on any atom is 0.0345 e. The van der Waals surface area contributed by atoms with Crippen molar-refractivity contribution in [2.75, 3.05) is 0 Å². The summed E-state index contributed by atoms with van der Waals surface area (Å²) in [7, 11) is 0. The van der Waals surface area contributed by atoms with E-state index < -0.39 is 0 Å². The van der Waals surface area contributed by atoms with Crippen molar-refractivity contribution in [3.63, 3.8) is 0 Å². The molecule has 400 valence electrons. The SMILES string of the molecule is CCCCCCc1ccc(-c2cc(-c3ccc(C)s3)cc3c(-c4ccc(CCCCCC)cc4)c4c(-c5ccc(CCCCCC)cc5)c5ccc(-c6ccc(C)s6)cc5c(-c5ccc(CCCCCC)cc5)c4cc23)cc1. The van der Waals surface area contributed by atoms with Crippen molar-refractivity contribution in [2.24, 2.45) is 0 Å². The van der Waals surface area contributed by atoms with Gasteiger partial charge in [0.2, 0.25) is 0 Å². The molecule has 10 aromatic rings. The molecule has 0 spiro atoms. The van der Waals surface area contributed by atoms with Crippen molar-refractivity contribution in [2.45, 2.75) is 170 Å². The van der Waals surface area contributed by atoms with Crippen LogP contribution in [0.15, 0.2) is 158 Å². The molecule has 2 heteroatoms. The number of aryl methyl sites for hydroxylation is 6. The van der Waals surface area contributed by atoms with Crippen molar-refractivity contribution in [3.05, 3.63) is 190 Å². The molecule has 0 radical (unpaired) electrons. The molecule has 0 saturated heterocycles. The third kappa shape index (κ3) is 12.8. The highest BCUT2D eigenvalue weighted by molar-refractivity contribution is 7.15. The molecule has 0 aliphatic carbocycles. The van der Waals surface area contributed by atoms with Gasteiger partial charge in [-0.05, 0) is 224 Å². The van der Waals surface area contributed by atoms with Gasteiger partial charge in [0.15, 0.2) is 0 Å². The first kappa shape index (κ1) is 55.3. The van der Waals surface area contributed by atoms with E-state index >= 15 is 0 Å². The first-order valence-electron chi connectivity index (χ1n) is 30.4. The molecule has 2 heterocycles. The second-order valence-corrected chi connectivity index (χ2v) is 25.2. The Kier molecular flexibility index (Phi) is 18.9. The largest absolute Gasteiger partial charge is 0.141 e. The van der Waals surface area contributed by atoms with E-state index in [0.717, 1.165) is 25.7 Å². The molecule has 10 rings (SSSR count). The number of rotatable bonds is 26. The monoisotopic (exact) mass is 1060 g/mol. The van der Waals surface area contributed by atoms with Gasteiger partial charge in [-0.1, -0.05) is 214 Å². The van der Waals surface area contributed by atoms with Crippen LogP contribution in [0.3, 0.4) is 0 Å². The van der Waals surface area contributed by atoms with Crippen molar-refractivity contribution in [1.29, 1.82) is 0 Å². The second kappa shape index (κ2) is 26.7. The summed E-state index contributed by atoms with van der Waals surface area (Å²) in [6.45, 7) is 13.7. The lowest BCUT2D eigenvalue weighted by Crippen LogP contribution is -1.97. The van der Waals surface area contributed by atoms with Crippen LogP contribution in [0.2, 0.25) is 0 Å². The van der Waals surface area contributed by atoms with Crippen molar-refractivity contribution < 1.29 is 0 Å². The Labute approximate surface area is 477 Å². The molecule has 8 aromatic carbocycles. The van der Waals surface area contributed by atoms with Gasteiger partial charge in [0.25, 0.3) is 0 Å². The summed E-state index contributed by atoms with van der Waals surface area (Å²) in [5, 5.41) is 7.89. The second-order valence-electron chi connectivity index (χ2n) is 22.7. The Hall–Kier alpha value is -6.06. The average molecular weight is 1060 g/mol. The molecule has 78 heavy (non-hydrogen) atoms. The summed E-state index contributed by atoms with van der Waals surface area (Å²) < 4.78 is 0. The summed E-state index contributed by atoms with van der Waals surface area (Å²) >= 11 is 3.81. The summed E-state index contributed by atoms with van der Waals surface area (Å²) in [6, 6.07) is 63.5. The van der Waals surface area contributed by atoms with Crippen LogP contribution in [0.4, 0.5) is 0 Å². The van der Waals surface area contributed by atoms with Gasteiger partial charge < -0.3 is 0 Å². The third-order valence-corrected chi connectivity index (χ3v) is 18.8. The van der Waals surface area contributed by atoms with Crippen molar-refractivity contribution >= 4 is 55.0 Å². The van der Waals surface area contributed by atoms with Crippen LogP contribution in [-0.2, 0) is 25.7 Å². The zero-order valence-corrected chi connectivity index (χ0v) is 49.6. The van der Waals surface area contributed by atoms with Gasteiger partial charge in [0, 0.05) is 19.5 Å². The molecule has 0 bridgehead atoms. The number of unbranched alkanes of at least 4 members (excludes halogenated alkanes) is 12. The number of thiophene rings is 2. The summed E-state index contributed by atoms with van der Waals surface area (Å²) in [5.41, 5.74) is 18.7. The fraction of sp³-hybridized carbons (Fsp3) is 0.342. The summed E-state index contributed by atoms with van der Waals surface area (Å²) in [5.74, 6) is 0. The molecule has 0 N–H and O–H groups in total. The molecular weight excluding hydrogens is 977 g/mol. The van der Waals surface area contributed by atoms with E-state index in [9.17, 15) is 0 Å². The van der Waals surface area contributed by atoms with Crippen LogP contribution in [-0.4, -0.2) is 0 Å². The Balaban J connectivity index is 1.32. The van der Waals surface area contributed by atoms with Crippen LogP contribution >= 0.6 is 22.7 Å². The van der Waals surface area contributed by atoms with E-state index in [4.69, 9.17) is 0 Å². The molecule has 0 aliphatic heterocycles. The number of fused-ring (bicyclic) bond motifs is 3. The Morgan fingerprint density at radius 3 is 1.06 bits per heavy atom.